The standard InChI is InChI=1S/C24H38N5O15P/c1-10(31)26-7-17(34)28-18-12(20(36)15(33)8-30)5-24(22(38)39,6-14(18)32)44-45(41,42)43-9-11-4-13(21(37)19(11)35)29-3-2-16(25)27-23(29)40/h2-3,11-15,18-21,30,32-33,35-37H,4-9H2,1H3,(H,26,31)(H,28,34)(H,38,39)(H,41,42)(H2,25,27,40)/t11?,12?,13?,14?,15-,18?,19?,20+,21?,24?/m1/s1. The SMILES string of the molecule is CC(=O)NCC(=O)NC1C(O)CC(OP(=O)(O)OCC2CC(n3ccc(N)nc3=O)C(O)C2O)(C(=O)O)CC1[C@H](O)[C@H](O)CO. The third-order valence-electron chi connectivity index (χ3n) is 7.94. The van der Waals surface area contributed by atoms with Gasteiger partial charge in [-0.25, -0.2) is 14.2 Å². The van der Waals surface area contributed by atoms with E-state index in [4.69, 9.17) is 14.8 Å². The minimum Gasteiger partial charge on any atom is -0.479 e. The molecule has 0 radical (unpaired) electrons. The van der Waals surface area contributed by atoms with Gasteiger partial charge >= 0.3 is 19.5 Å². The van der Waals surface area contributed by atoms with Crippen LogP contribution in [0.3, 0.4) is 0 Å². The normalized spacial score (nSPS) is 32.7. The average Bonchev–Trinajstić information content (AvgIpc) is 3.23. The lowest BCUT2D eigenvalue weighted by molar-refractivity contribution is -0.176. The number of hydrogen-bond acceptors (Lipinski definition) is 15. The van der Waals surface area contributed by atoms with Crippen LogP contribution in [0, 0.1) is 11.8 Å². The second-order valence-corrected chi connectivity index (χ2v) is 12.5. The zero-order valence-corrected chi connectivity index (χ0v) is 24.8. The number of rotatable bonds is 13. The summed E-state index contributed by atoms with van der Waals surface area (Å²) < 4.78 is 24.1. The quantitative estimate of drug-likeness (QED) is 0.0879. The van der Waals surface area contributed by atoms with Crippen molar-refractivity contribution in [1.29, 1.82) is 0 Å². The van der Waals surface area contributed by atoms with Crippen LogP contribution in [-0.4, -0.2) is 130 Å². The van der Waals surface area contributed by atoms with Gasteiger partial charge in [0.15, 0.2) is 5.60 Å². The van der Waals surface area contributed by atoms with Crippen molar-refractivity contribution < 1.29 is 68.6 Å². The van der Waals surface area contributed by atoms with Gasteiger partial charge in [-0.15, -0.1) is 0 Å². The number of carboxylic acid groups (broad SMARTS) is 1. The Kier molecular flexibility index (Phi) is 11.8. The Morgan fingerprint density at radius 3 is 2.47 bits per heavy atom. The van der Waals surface area contributed by atoms with Crippen molar-refractivity contribution in [3.8, 4) is 0 Å². The number of phosphoric acid groups is 1. The van der Waals surface area contributed by atoms with E-state index in [9.17, 15) is 64.4 Å². The fourth-order valence-electron chi connectivity index (χ4n) is 5.66. The van der Waals surface area contributed by atoms with Gasteiger partial charge in [0.25, 0.3) is 0 Å². The smallest absolute Gasteiger partial charge is 0.473 e. The molecule has 1 heterocycles. The highest BCUT2D eigenvalue weighted by molar-refractivity contribution is 7.47. The lowest BCUT2D eigenvalue weighted by Crippen LogP contribution is -2.64. The Morgan fingerprint density at radius 1 is 1.22 bits per heavy atom. The molecule has 0 aromatic carbocycles. The van der Waals surface area contributed by atoms with E-state index in [1.165, 1.54) is 12.3 Å². The number of carbonyl (C=O) groups is 3. The van der Waals surface area contributed by atoms with Crippen LogP contribution >= 0.6 is 7.82 Å². The molecule has 0 bridgehead atoms. The van der Waals surface area contributed by atoms with Crippen LogP contribution in [0.15, 0.2) is 17.1 Å². The minimum absolute atomic E-state index is 0.0814. The third-order valence-corrected chi connectivity index (χ3v) is 8.99. The Balaban J connectivity index is 1.79. The maximum atomic E-state index is 13.0. The van der Waals surface area contributed by atoms with E-state index in [0.29, 0.717) is 0 Å². The van der Waals surface area contributed by atoms with Crippen LogP contribution in [0.1, 0.15) is 32.2 Å². The fraction of sp³-hybridized carbons (Fsp3) is 0.708. The molecule has 21 heteroatoms. The molecule has 2 saturated carbocycles. The van der Waals surface area contributed by atoms with E-state index in [-0.39, 0.29) is 12.2 Å². The predicted molar refractivity (Wildman–Crippen MR) is 148 cm³/mol. The van der Waals surface area contributed by atoms with Crippen LogP contribution in [0.5, 0.6) is 0 Å². The predicted octanol–water partition coefficient (Wildman–Crippen LogP) is -4.83. The van der Waals surface area contributed by atoms with Crippen LogP contribution in [0.25, 0.3) is 0 Å². The number of nitrogens with two attached hydrogens (primary N) is 1. The number of aliphatic hydroxyl groups is 6. The highest BCUT2D eigenvalue weighted by Crippen LogP contribution is 2.53. The maximum Gasteiger partial charge on any atom is 0.473 e. The first kappa shape index (κ1) is 36.4. The van der Waals surface area contributed by atoms with E-state index >= 15 is 0 Å². The third kappa shape index (κ3) is 8.61. The molecule has 1 aromatic rings. The number of nitrogens with one attached hydrogen (secondary N) is 2. The van der Waals surface area contributed by atoms with Crippen molar-refractivity contribution in [2.75, 3.05) is 25.5 Å². The van der Waals surface area contributed by atoms with Crippen molar-refractivity contribution in [2.24, 2.45) is 11.8 Å². The molecule has 0 aliphatic heterocycles. The van der Waals surface area contributed by atoms with Crippen molar-refractivity contribution in [3.63, 3.8) is 0 Å². The first-order valence-electron chi connectivity index (χ1n) is 13.7. The summed E-state index contributed by atoms with van der Waals surface area (Å²) >= 11 is 0. The monoisotopic (exact) mass is 667 g/mol. The van der Waals surface area contributed by atoms with Gasteiger partial charge in [-0.2, -0.15) is 4.98 Å². The number of amides is 2. The number of anilines is 1. The maximum absolute atomic E-state index is 13.0. The highest BCUT2D eigenvalue weighted by Gasteiger charge is 2.57. The molecule has 2 fully saturated rings. The molecule has 45 heavy (non-hydrogen) atoms. The largest absolute Gasteiger partial charge is 0.479 e. The molecular formula is C24H38N5O15P. The van der Waals surface area contributed by atoms with Gasteiger partial charge in [-0.1, -0.05) is 0 Å². The van der Waals surface area contributed by atoms with E-state index in [1.54, 1.807) is 0 Å². The first-order valence-corrected chi connectivity index (χ1v) is 15.2. The van der Waals surface area contributed by atoms with E-state index in [1.807, 2.05) is 0 Å². The van der Waals surface area contributed by atoms with Crippen molar-refractivity contribution in [1.82, 2.24) is 20.2 Å². The molecule has 9 unspecified atom stereocenters. The lowest BCUT2D eigenvalue weighted by atomic mass is 9.70. The Labute approximate surface area is 255 Å². The van der Waals surface area contributed by atoms with Gasteiger partial charge in [-0.05, 0) is 18.9 Å². The fourth-order valence-corrected chi connectivity index (χ4v) is 6.76. The number of carbonyl (C=O) groups excluding carboxylic acids is 2. The van der Waals surface area contributed by atoms with Gasteiger partial charge in [-0.3, -0.25) is 23.2 Å². The Morgan fingerprint density at radius 2 is 1.89 bits per heavy atom. The molecule has 2 aliphatic rings. The van der Waals surface area contributed by atoms with Crippen LogP contribution in [-0.2, 0) is 28.0 Å². The molecule has 12 N–H and O–H groups in total. The number of carboxylic acids is 1. The Hall–Kier alpha value is -3.04. The molecule has 11 atom stereocenters. The van der Waals surface area contributed by atoms with Crippen LogP contribution in [0.2, 0.25) is 0 Å². The highest BCUT2D eigenvalue weighted by atomic mass is 31.2. The average molecular weight is 668 g/mol. The number of aliphatic hydroxyl groups excluding tert-OH is 6. The second-order valence-electron chi connectivity index (χ2n) is 11.1. The number of aliphatic carboxylic acids is 1. The van der Waals surface area contributed by atoms with Crippen molar-refractivity contribution >= 4 is 31.4 Å². The molecule has 3 rings (SSSR count). The first-order chi connectivity index (χ1) is 20.9. The summed E-state index contributed by atoms with van der Waals surface area (Å²) in [5, 5.41) is 76.6. The van der Waals surface area contributed by atoms with Crippen LogP contribution in [0.4, 0.5) is 5.82 Å². The summed E-state index contributed by atoms with van der Waals surface area (Å²) in [6.45, 7) is -1.21. The van der Waals surface area contributed by atoms with E-state index < -0.39 is 124 Å². The minimum atomic E-state index is -5.38. The van der Waals surface area contributed by atoms with E-state index in [2.05, 4.69) is 15.6 Å². The molecule has 1 aromatic heterocycles. The molecule has 0 saturated heterocycles. The number of hydrogen-bond donors (Lipinski definition) is 11. The lowest BCUT2D eigenvalue weighted by Gasteiger charge is -2.46. The summed E-state index contributed by atoms with van der Waals surface area (Å²) in [5.74, 6) is -6.05. The molecular weight excluding hydrogens is 629 g/mol. The van der Waals surface area contributed by atoms with E-state index in [0.717, 1.165) is 11.5 Å². The second kappa shape index (κ2) is 14.6. The molecule has 0 spiro atoms. The molecule has 20 nitrogen and oxygen atoms in total. The van der Waals surface area contributed by atoms with Gasteiger partial charge in [0.05, 0.1) is 50.2 Å². The van der Waals surface area contributed by atoms with Crippen LogP contribution < -0.4 is 22.1 Å². The van der Waals surface area contributed by atoms with Gasteiger partial charge < -0.3 is 57.0 Å². The number of nitrogens with zero attached hydrogens (tertiary/aromatic N) is 2. The molecule has 2 amide bonds. The molecule has 254 valence electrons. The molecule has 2 aliphatic carbocycles. The van der Waals surface area contributed by atoms with Crippen molar-refractivity contribution in [3.05, 3.63) is 22.7 Å². The van der Waals surface area contributed by atoms with Gasteiger partial charge in [0, 0.05) is 31.4 Å². The van der Waals surface area contributed by atoms with Crippen molar-refractivity contribution in [2.45, 2.75) is 74.4 Å². The zero-order valence-electron chi connectivity index (χ0n) is 23.9. The summed E-state index contributed by atoms with van der Waals surface area (Å²) in [6.07, 6.45) is -9.58. The number of aromatic nitrogens is 2. The number of nitrogen functional groups attached to an aromatic ring is 1. The summed E-state index contributed by atoms with van der Waals surface area (Å²) in [5.41, 5.74) is 1.90. The summed E-state index contributed by atoms with van der Waals surface area (Å²) in [4.78, 5) is 62.2. The van der Waals surface area contributed by atoms with Gasteiger partial charge in [0.1, 0.15) is 18.0 Å². The summed E-state index contributed by atoms with van der Waals surface area (Å²) in [7, 11) is -5.38. The summed E-state index contributed by atoms with van der Waals surface area (Å²) in [6, 6.07) is -1.21. The number of phosphoric ester groups is 1. The Bertz CT molecular complexity index is 1350. The van der Waals surface area contributed by atoms with Gasteiger partial charge in [0.2, 0.25) is 11.8 Å². The topological polar surface area (TPSA) is 334 Å². The zero-order chi connectivity index (χ0) is 33.9.